The van der Waals surface area contributed by atoms with E-state index in [-0.39, 0.29) is 5.02 Å². The van der Waals surface area contributed by atoms with Crippen LogP contribution in [0.5, 0.6) is 5.75 Å². The summed E-state index contributed by atoms with van der Waals surface area (Å²) >= 11 is 10.4. The van der Waals surface area contributed by atoms with E-state index in [1.54, 1.807) is 0 Å². The Labute approximate surface area is 71.2 Å². The molecule has 0 aliphatic rings. The quantitative estimate of drug-likeness (QED) is 0.502. The van der Waals surface area contributed by atoms with Crippen LogP contribution in [0.1, 0.15) is 0 Å². The van der Waals surface area contributed by atoms with Gasteiger partial charge in [-0.2, -0.15) is 0 Å². The van der Waals surface area contributed by atoms with Gasteiger partial charge in [0.15, 0.2) is 11.6 Å². The topological polar surface area (TPSA) is 20.2 Å². The first-order valence-electron chi connectivity index (χ1n) is 2.56. The van der Waals surface area contributed by atoms with E-state index in [9.17, 15) is 8.78 Å². The van der Waals surface area contributed by atoms with Gasteiger partial charge in [-0.15, -0.1) is 0 Å². The van der Waals surface area contributed by atoms with Crippen LogP contribution in [-0.4, -0.2) is 5.11 Å². The van der Waals surface area contributed by atoms with Crippen molar-refractivity contribution in [2.75, 3.05) is 0 Å². The van der Waals surface area contributed by atoms with Gasteiger partial charge in [-0.3, -0.25) is 0 Å². The fraction of sp³-hybridized carbons (Fsp3) is 0. The highest BCUT2D eigenvalue weighted by atomic mass is 35.5. The normalized spacial score (nSPS) is 10.2. The lowest BCUT2D eigenvalue weighted by Crippen LogP contribution is -1.85. The molecule has 0 atom stereocenters. The van der Waals surface area contributed by atoms with Gasteiger partial charge in [0.2, 0.25) is 0 Å². The maximum absolute atomic E-state index is 12.5. The number of aromatic hydroxyl groups is 1. The van der Waals surface area contributed by atoms with Crippen molar-refractivity contribution in [1.29, 1.82) is 0 Å². The van der Waals surface area contributed by atoms with Crippen LogP contribution in [0.4, 0.5) is 8.78 Å². The molecule has 1 rings (SSSR count). The minimum Gasteiger partial charge on any atom is -0.506 e. The number of benzene rings is 1. The molecule has 60 valence electrons. The van der Waals surface area contributed by atoms with Gasteiger partial charge >= 0.3 is 0 Å². The summed E-state index contributed by atoms with van der Waals surface area (Å²) in [6, 6.07) is 0.559. The van der Waals surface area contributed by atoms with Gasteiger partial charge in [-0.25, -0.2) is 8.78 Å². The first-order valence-corrected chi connectivity index (χ1v) is 3.31. The predicted octanol–water partition coefficient (Wildman–Crippen LogP) is 2.98. The molecule has 1 nitrogen and oxygen atoms in total. The van der Waals surface area contributed by atoms with Crippen LogP contribution in [0.3, 0.4) is 0 Å². The standard InChI is InChI=1S/C6H2Cl2F2O/c7-4-3(11)1-2(9)6(10)5(4)8/h1,11H. The van der Waals surface area contributed by atoms with Crippen molar-refractivity contribution in [2.45, 2.75) is 0 Å². The Kier molecular flexibility index (Phi) is 2.20. The molecule has 1 aromatic carbocycles. The summed E-state index contributed by atoms with van der Waals surface area (Å²) in [5.74, 6) is -3.05. The molecule has 1 aromatic rings. The van der Waals surface area contributed by atoms with Gasteiger partial charge in [-0.1, -0.05) is 23.2 Å². The van der Waals surface area contributed by atoms with E-state index in [0.29, 0.717) is 6.07 Å². The first kappa shape index (κ1) is 8.56. The molecule has 11 heavy (non-hydrogen) atoms. The third kappa shape index (κ3) is 1.39. The largest absolute Gasteiger partial charge is 0.506 e. The molecule has 0 saturated heterocycles. The number of hydrogen-bond acceptors (Lipinski definition) is 1. The summed E-state index contributed by atoms with van der Waals surface area (Å²) in [4.78, 5) is 0. The van der Waals surface area contributed by atoms with E-state index in [4.69, 9.17) is 28.3 Å². The molecular weight excluding hydrogens is 197 g/mol. The summed E-state index contributed by atoms with van der Waals surface area (Å²) in [7, 11) is 0. The van der Waals surface area contributed by atoms with E-state index in [0.717, 1.165) is 0 Å². The van der Waals surface area contributed by atoms with Crippen molar-refractivity contribution in [1.82, 2.24) is 0 Å². The van der Waals surface area contributed by atoms with Crippen LogP contribution >= 0.6 is 23.2 Å². The van der Waals surface area contributed by atoms with Crippen LogP contribution < -0.4 is 0 Å². The van der Waals surface area contributed by atoms with E-state index < -0.39 is 22.4 Å². The first-order chi connectivity index (χ1) is 5.04. The molecule has 0 bridgehead atoms. The molecule has 0 fully saturated rings. The molecule has 0 aliphatic heterocycles. The summed E-state index contributed by atoms with van der Waals surface area (Å²) in [5.41, 5.74) is 0. The zero-order valence-electron chi connectivity index (χ0n) is 5.04. The number of rotatable bonds is 0. The SMILES string of the molecule is Oc1cc(F)c(F)c(Cl)c1Cl. The Hall–Kier alpha value is -0.540. The molecule has 1 N–H and O–H groups in total. The Morgan fingerprint density at radius 2 is 1.73 bits per heavy atom. The summed E-state index contributed by atoms with van der Waals surface area (Å²) < 4.78 is 24.8. The fourth-order valence-corrected chi connectivity index (χ4v) is 0.885. The zero-order chi connectivity index (χ0) is 8.59. The maximum atomic E-state index is 12.5. The molecule has 0 saturated carbocycles. The van der Waals surface area contributed by atoms with Crippen molar-refractivity contribution in [3.05, 3.63) is 27.7 Å². The minimum absolute atomic E-state index is 0.384. The molecule has 0 radical (unpaired) electrons. The van der Waals surface area contributed by atoms with Gasteiger partial charge in [0.1, 0.15) is 15.8 Å². The highest BCUT2D eigenvalue weighted by Crippen LogP contribution is 2.34. The van der Waals surface area contributed by atoms with E-state index in [1.165, 1.54) is 0 Å². The fourth-order valence-electron chi connectivity index (χ4n) is 0.560. The lowest BCUT2D eigenvalue weighted by Gasteiger charge is -2.00. The van der Waals surface area contributed by atoms with Gasteiger partial charge in [0.05, 0.1) is 0 Å². The molecule has 0 aliphatic carbocycles. The van der Waals surface area contributed by atoms with Crippen molar-refractivity contribution < 1.29 is 13.9 Å². The van der Waals surface area contributed by atoms with Crippen molar-refractivity contribution >= 4 is 23.2 Å². The third-order valence-corrected chi connectivity index (χ3v) is 1.92. The second-order valence-corrected chi connectivity index (χ2v) is 2.58. The zero-order valence-corrected chi connectivity index (χ0v) is 6.55. The highest BCUT2D eigenvalue weighted by molar-refractivity contribution is 6.43. The summed E-state index contributed by atoms with van der Waals surface area (Å²) in [6.45, 7) is 0. The average molecular weight is 199 g/mol. The van der Waals surface area contributed by atoms with E-state index in [1.807, 2.05) is 0 Å². The number of halogens is 4. The lowest BCUT2D eigenvalue weighted by atomic mass is 10.3. The average Bonchev–Trinajstić information content (AvgIpc) is 1.97. The Morgan fingerprint density at radius 1 is 1.18 bits per heavy atom. The van der Waals surface area contributed by atoms with Crippen molar-refractivity contribution in [3.8, 4) is 5.75 Å². The Balaban J connectivity index is 3.46. The van der Waals surface area contributed by atoms with Crippen LogP contribution in [-0.2, 0) is 0 Å². The van der Waals surface area contributed by atoms with Gasteiger partial charge < -0.3 is 5.11 Å². The highest BCUT2D eigenvalue weighted by Gasteiger charge is 2.14. The summed E-state index contributed by atoms with van der Waals surface area (Å²) in [6.07, 6.45) is 0. The number of phenolic OH excluding ortho intramolecular Hbond substituents is 1. The maximum Gasteiger partial charge on any atom is 0.179 e. The van der Waals surface area contributed by atoms with E-state index >= 15 is 0 Å². The number of phenols is 1. The second-order valence-electron chi connectivity index (χ2n) is 1.82. The van der Waals surface area contributed by atoms with Gasteiger partial charge in [0.25, 0.3) is 0 Å². The molecule has 5 heteroatoms. The van der Waals surface area contributed by atoms with Crippen LogP contribution in [0.2, 0.25) is 10.0 Å². The third-order valence-electron chi connectivity index (χ3n) is 1.08. The molecule has 0 amide bonds. The van der Waals surface area contributed by atoms with Crippen LogP contribution in [0.25, 0.3) is 0 Å². The molecule has 0 aromatic heterocycles. The van der Waals surface area contributed by atoms with Crippen molar-refractivity contribution in [3.63, 3.8) is 0 Å². The van der Waals surface area contributed by atoms with Crippen LogP contribution in [0, 0.1) is 11.6 Å². The lowest BCUT2D eigenvalue weighted by molar-refractivity contribution is 0.455. The molecular formula is C6H2Cl2F2O. The van der Waals surface area contributed by atoms with Crippen LogP contribution in [0.15, 0.2) is 6.07 Å². The van der Waals surface area contributed by atoms with Gasteiger partial charge in [0, 0.05) is 6.07 Å². The minimum atomic E-state index is -1.26. The van der Waals surface area contributed by atoms with Gasteiger partial charge in [-0.05, 0) is 0 Å². The molecule has 0 unspecified atom stereocenters. The number of hydrogen-bond donors (Lipinski definition) is 1. The Morgan fingerprint density at radius 3 is 2.27 bits per heavy atom. The molecule has 0 heterocycles. The monoisotopic (exact) mass is 198 g/mol. The smallest absolute Gasteiger partial charge is 0.179 e. The predicted molar refractivity (Wildman–Crippen MR) is 38.0 cm³/mol. The molecule has 0 spiro atoms. The van der Waals surface area contributed by atoms with E-state index in [2.05, 4.69) is 0 Å². The van der Waals surface area contributed by atoms with Crippen molar-refractivity contribution in [2.24, 2.45) is 0 Å². The summed E-state index contributed by atoms with van der Waals surface area (Å²) in [5, 5.41) is 7.79. The Bertz CT molecular complexity index is 275. The second kappa shape index (κ2) is 2.83.